The quantitative estimate of drug-likeness (QED) is 0.260. The van der Waals surface area contributed by atoms with Crippen LogP contribution in [0.4, 0.5) is 5.82 Å². The molecule has 184 valence electrons. The van der Waals surface area contributed by atoms with Crippen LogP contribution in [-0.4, -0.2) is 46.5 Å². The van der Waals surface area contributed by atoms with Gasteiger partial charge in [0, 0.05) is 5.39 Å². The van der Waals surface area contributed by atoms with Gasteiger partial charge in [0.2, 0.25) is 0 Å². The lowest BCUT2D eigenvalue weighted by Gasteiger charge is -2.14. The van der Waals surface area contributed by atoms with Crippen molar-refractivity contribution in [2.75, 3.05) is 25.1 Å². The summed E-state index contributed by atoms with van der Waals surface area (Å²) < 4.78 is 17.8. The minimum atomic E-state index is -0.611. The van der Waals surface area contributed by atoms with E-state index < -0.39 is 11.9 Å². The van der Waals surface area contributed by atoms with Crippen molar-refractivity contribution in [3.8, 4) is 17.3 Å². The van der Waals surface area contributed by atoms with E-state index in [1.807, 2.05) is 37.3 Å². The molecule has 0 saturated carbocycles. The molecule has 4 rings (SSSR count). The molecule has 4 aromatic rings. The maximum absolute atomic E-state index is 12.9. The molecule has 0 aliphatic carbocycles. The summed E-state index contributed by atoms with van der Waals surface area (Å²) in [6.45, 7) is 7.44. The lowest BCUT2D eigenvalue weighted by Crippen LogP contribution is -2.24. The zero-order valence-corrected chi connectivity index (χ0v) is 20.1. The Morgan fingerprint density at radius 3 is 2.56 bits per heavy atom. The summed E-state index contributed by atoms with van der Waals surface area (Å²) in [5.74, 6) is 0.360. The molecule has 9 nitrogen and oxygen atoms in total. The first-order valence-corrected chi connectivity index (χ1v) is 11.4. The monoisotopic (exact) mass is 486 g/mol. The second-order valence-corrected chi connectivity index (χ2v) is 7.74. The topological polar surface area (TPSA) is 105 Å². The largest absolute Gasteiger partial charge is 0.486 e. The van der Waals surface area contributed by atoms with Gasteiger partial charge in [-0.3, -0.25) is 4.79 Å². The molecular weight excluding hydrogens is 460 g/mol. The Hall–Kier alpha value is -4.66. The molecule has 0 fully saturated rings. The van der Waals surface area contributed by atoms with Gasteiger partial charge in [-0.2, -0.15) is 9.78 Å². The first kappa shape index (κ1) is 24.5. The van der Waals surface area contributed by atoms with Crippen LogP contribution in [0.3, 0.4) is 0 Å². The van der Waals surface area contributed by atoms with Crippen molar-refractivity contribution in [2.45, 2.75) is 13.8 Å². The van der Waals surface area contributed by atoms with Crippen molar-refractivity contribution in [2.24, 2.45) is 0 Å². The standard InChI is InChI=1S/C27H26N4O5/c1-4-14-35-22-12-8-9-13-23(22)36-17-25(32)30-26-20(27(33)34-5-2)16-28-31(26)24-15-18(3)19-10-6-7-11-21(19)29-24/h4,6-13,15-16H,1,5,14,17H2,2-3H3,(H,30,32). The van der Waals surface area contributed by atoms with Gasteiger partial charge in [0.05, 0.1) is 18.3 Å². The van der Waals surface area contributed by atoms with Crippen molar-refractivity contribution >= 4 is 28.6 Å². The van der Waals surface area contributed by atoms with Gasteiger partial charge in [-0.1, -0.05) is 43.0 Å². The van der Waals surface area contributed by atoms with Crippen LogP contribution in [0.25, 0.3) is 16.7 Å². The molecule has 0 bridgehead atoms. The fraction of sp³-hybridized carbons (Fsp3) is 0.185. The van der Waals surface area contributed by atoms with Gasteiger partial charge in [-0.05, 0) is 43.7 Å². The van der Waals surface area contributed by atoms with Crippen molar-refractivity contribution in [1.29, 1.82) is 0 Å². The highest BCUT2D eigenvalue weighted by Crippen LogP contribution is 2.27. The third kappa shape index (κ3) is 5.35. The van der Waals surface area contributed by atoms with Crippen LogP contribution in [0.1, 0.15) is 22.8 Å². The number of para-hydroxylation sites is 3. The molecular formula is C27H26N4O5. The highest BCUT2D eigenvalue weighted by molar-refractivity contribution is 6.01. The lowest BCUT2D eigenvalue weighted by molar-refractivity contribution is -0.118. The maximum atomic E-state index is 12.9. The molecule has 36 heavy (non-hydrogen) atoms. The number of carbonyl (C=O) groups excluding carboxylic acids is 2. The molecule has 0 spiro atoms. The van der Waals surface area contributed by atoms with E-state index in [4.69, 9.17) is 14.2 Å². The van der Waals surface area contributed by atoms with Gasteiger partial charge in [0.25, 0.3) is 5.91 Å². The average Bonchev–Trinajstić information content (AvgIpc) is 3.30. The van der Waals surface area contributed by atoms with Gasteiger partial charge in [-0.25, -0.2) is 9.78 Å². The summed E-state index contributed by atoms with van der Waals surface area (Å²) in [6.07, 6.45) is 2.96. The number of nitrogens with zero attached hydrogens (tertiary/aromatic N) is 3. The van der Waals surface area contributed by atoms with Crippen molar-refractivity contribution in [3.63, 3.8) is 0 Å². The third-order valence-corrected chi connectivity index (χ3v) is 5.21. The SMILES string of the molecule is C=CCOc1ccccc1OCC(=O)Nc1c(C(=O)OCC)cnn1-c1cc(C)c2ccccc2n1. The summed E-state index contributed by atoms with van der Waals surface area (Å²) in [4.78, 5) is 30.2. The lowest BCUT2D eigenvalue weighted by atomic mass is 10.1. The van der Waals surface area contributed by atoms with Crippen LogP contribution < -0.4 is 14.8 Å². The second kappa shape index (κ2) is 11.2. The predicted molar refractivity (Wildman–Crippen MR) is 136 cm³/mol. The minimum absolute atomic E-state index is 0.104. The molecule has 2 aromatic carbocycles. The maximum Gasteiger partial charge on any atom is 0.343 e. The Labute approximate surface area is 208 Å². The number of hydrogen-bond donors (Lipinski definition) is 1. The Morgan fingerprint density at radius 2 is 1.81 bits per heavy atom. The molecule has 2 aromatic heterocycles. The molecule has 0 unspecified atom stereocenters. The van der Waals surface area contributed by atoms with Crippen LogP contribution in [0, 0.1) is 6.92 Å². The predicted octanol–water partition coefficient (Wildman–Crippen LogP) is 4.49. The summed E-state index contributed by atoms with van der Waals surface area (Å²) in [6, 6.07) is 16.5. The van der Waals surface area contributed by atoms with E-state index >= 15 is 0 Å². The summed E-state index contributed by atoms with van der Waals surface area (Å²) in [5.41, 5.74) is 1.84. The van der Waals surface area contributed by atoms with Crippen LogP contribution in [0.15, 0.2) is 73.4 Å². The number of anilines is 1. The molecule has 1 amide bonds. The zero-order valence-electron chi connectivity index (χ0n) is 20.1. The van der Waals surface area contributed by atoms with E-state index in [0.29, 0.717) is 23.9 Å². The van der Waals surface area contributed by atoms with Crippen LogP contribution in [0.5, 0.6) is 11.5 Å². The van der Waals surface area contributed by atoms with Crippen molar-refractivity contribution < 1.29 is 23.8 Å². The number of esters is 1. The number of amides is 1. The van der Waals surface area contributed by atoms with Gasteiger partial charge < -0.3 is 19.5 Å². The Morgan fingerprint density at radius 1 is 1.08 bits per heavy atom. The number of aromatic nitrogens is 3. The van der Waals surface area contributed by atoms with Crippen molar-refractivity contribution in [1.82, 2.24) is 14.8 Å². The van der Waals surface area contributed by atoms with Gasteiger partial charge in [0.15, 0.2) is 29.7 Å². The number of benzene rings is 2. The molecule has 1 N–H and O–H groups in total. The number of fused-ring (bicyclic) bond motifs is 1. The number of nitrogens with one attached hydrogen (secondary N) is 1. The van der Waals surface area contributed by atoms with Gasteiger partial charge >= 0.3 is 5.97 Å². The fourth-order valence-electron chi connectivity index (χ4n) is 3.59. The highest BCUT2D eigenvalue weighted by atomic mass is 16.5. The van der Waals surface area contributed by atoms with Crippen LogP contribution in [-0.2, 0) is 9.53 Å². The number of ether oxygens (including phenoxy) is 3. The smallest absolute Gasteiger partial charge is 0.343 e. The number of pyridine rings is 1. The Kier molecular flexibility index (Phi) is 7.60. The van der Waals surface area contributed by atoms with Gasteiger partial charge in [0.1, 0.15) is 12.2 Å². The first-order valence-electron chi connectivity index (χ1n) is 11.4. The number of aryl methyl sites for hydroxylation is 1. The van der Waals surface area contributed by atoms with E-state index in [2.05, 4.69) is 22.0 Å². The highest BCUT2D eigenvalue weighted by Gasteiger charge is 2.23. The van der Waals surface area contributed by atoms with E-state index in [9.17, 15) is 9.59 Å². The van der Waals surface area contributed by atoms with E-state index in [1.165, 1.54) is 10.9 Å². The van der Waals surface area contributed by atoms with E-state index in [0.717, 1.165) is 16.5 Å². The number of carbonyl (C=O) groups is 2. The van der Waals surface area contributed by atoms with Crippen LogP contribution in [0.2, 0.25) is 0 Å². The first-order chi connectivity index (χ1) is 17.5. The zero-order chi connectivity index (χ0) is 25.5. The summed E-state index contributed by atoms with van der Waals surface area (Å²) >= 11 is 0. The fourth-order valence-corrected chi connectivity index (χ4v) is 3.59. The average molecular weight is 487 g/mol. The summed E-state index contributed by atoms with van der Waals surface area (Å²) in [7, 11) is 0. The molecule has 0 saturated heterocycles. The molecule has 0 aliphatic heterocycles. The van der Waals surface area contributed by atoms with E-state index in [-0.39, 0.29) is 24.6 Å². The Bertz CT molecular complexity index is 1410. The summed E-state index contributed by atoms with van der Waals surface area (Å²) in [5, 5.41) is 8.06. The molecule has 0 aliphatic rings. The second-order valence-electron chi connectivity index (χ2n) is 7.74. The number of rotatable bonds is 10. The molecule has 0 atom stereocenters. The number of hydrogen-bond acceptors (Lipinski definition) is 7. The molecule has 9 heteroatoms. The Balaban J connectivity index is 1.62. The molecule has 0 radical (unpaired) electrons. The van der Waals surface area contributed by atoms with Crippen molar-refractivity contribution in [3.05, 3.63) is 84.6 Å². The molecule has 2 heterocycles. The minimum Gasteiger partial charge on any atom is -0.486 e. The normalized spacial score (nSPS) is 10.6. The van der Waals surface area contributed by atoms with Crippen LogP contribution >= 0.6 is 0 Å². The third-order valence-electron chi connectivity index (χ3n) is 5.21. The van der Waals surface area contributed by atoms with E-state index in [1.54, 1.807) is 37.3 Å². The van der Waals surface area contributed by atoms with Gasteiger partial charge in [-0.15, -0.1) is 0 Å².